The van der Waals surface area contributed by atoms with Gasteiger partial charge in [0.2, 0.25) is 0 Å². The molecule has 0 aromatic heterocycles. The number of ether oxygens (including phenoxy) is 1. The molecule has 3 radical (unpaired) electrons. The first-order valence-electron chi connectivity index (χ1n) is 4.78. The standard InChI is InChI=1S/C9H18NO3Si2/c1-5-10-9(11)12-7-6-8(14)13-15(2,3)4/h5,8H,1,6-7H2,2-4H3,(H,10,11). The van der Waals surface area contributed by atoms with Crippen LogP contribution in [0, 0.1) is 0 Å². The van der Waals surface area contributed by atoms with E-state index in [1.165, 1.54) is 6.20 Å². The monoisotopic (exact) mass is 244 g/mol. The molecule has 1 amide bonds. The number of carbonyl (C=O) groups is 1. The van der Waals surface area contributed by atoms with Crippen molar-refractivity contribution in [2.24, 2.45) is 0 Å². The summed E-state index contributed by atoms with van der Waals surface area (Å²) in [6.07, 6.45) is 1.43. The molecule has 0 aliphatic carbocycles. The van der Waals surface area contributed by atoms with Gasteiger partial charge in [0, 0.05) is 12.1 Å². The number of hydrogen-bond donors (Lipinski definition) is 1. The zero-order valence-electron chi connectivity index (χ0n) is 9.50. The van der Waals surface area contributed by atoms with Crippen LogP contribution in [0.1, 0.15) is 6.42 Å². The van der Waals surface area contributed by atoms with E-state index in [0.29, 0.717) is 13.0 Å². The summed E-state index contributed by atoms with van der Waals surface area (Å²) in [4.78, 5) is 10.9. The van der Waals surface area contributed by atoms with Gasteiger partial charge in [0.15, 0.2) is 8.32 Å². The minimum atomic E-state index is -1.53. The van der Waals surface area contributed by atoms with Gasteiger partial charge in [-0.1, -0.05) is 6.58 Å². The van der Waals surface area contributed by atoms with Crippen LogP contribution in [0.25, 0.3) is 0 Å². The van der Waals surface area contributed by atoms with Crippen molar-refractivity contribution in [2.45, 2.75) is 31.8 Å². The molecule has 1 N–H and O–H groups in total. The molecule has 85 valence electrons. The Bertz CT molecular complexity index is 216. The van der Waals surface area contributed by atoms with E-state index < -0.39 is 14.4 Å². The molecule has 0 rings (SSSR count). The van der Waals surface area contributed by atoms with Crippen molar-refractivity contribution in [1.82, 2.24) is 5.32 Å². The maximum absolute atomic E-state index is 10.9. The average Bonchev–Trinajstić information content (AvgIpc) is 2.00. The molecular weight excluding hydrogens is 226 g/mol. The minimum absolute atomic E-state index is 0.0619. The predicted octanol–water partition coefficient (Wildman–Crippen LogP) is 1.59. The van der Waals surface area contributed by atoms with Crippen molar-refractivity contribution in [3.05, 3.63) is 12.8 Å². The maximum atomic E-state index is 10.9. The Kier molecular flexibility index (Phi) is 6.54. The summed E-state index contributed by atoms with van der Waals surface area (Å²) in [5.41, 5.74) is -0.0619. The lowest BCUT2D eigenvalue weighted by atomic mass is 10.5. The summed E-state index contributed by atoms with van der Waals surface area (Å²) < 4.78 is 10.6. The van der Waals surface area contributed by atoms with Gasteiger partial charge in [-0.3, -0.25) is 5.32 Å². The van der Waals surface area contributed by atoms with Crippen molar-refractivity contribution in [1.29, 1.82) is 0 Å². The fourth-order valence-corrected chi connectivity index (χ4v) is 3.02. The molecule has 4 nitrogen and oxygen atoms in total. The number of carbonyl (C=O) groups excluding carboxylic acids is 1. The molecule has 15 heavy (non-hydrogen) atoms. The average molecular weight is 244 g/mol. The molecule has 1 atom stereocenters. The van der Waals surface area contributed by atoms with Crippen molar-refractivity contribution in [2.75, 3.05) is 6.61 Å². The third-order valence-electron chi connectivity index (χ3n) is 1.33. The van der Waals surface area contributed by atoms with Crippen LogP contribution >= 0.6 is 0 Å². The van der Waals surface area contributed by atoms with Gasteiger partial charge in [0.05, 0.1) is 16.8 Å². The Morgan fingerprint density at radius 2 is 2.20 bits per heavy atom. The largest absolute Gasteiger partial charge is 0.449 e. The van der Waals surface area contributed by atoms with E-state index in [4.69, 9.17) is 9.16 Å². The first-order chi connectivity index (χ1) is 6.85. The molecule has 0 heterocycles. The lowest BCUT2D eigenvalue weighted by Crippen LogP contribution is -2.33. The zero-order chi connectivity index (χ0) is 11.9. The van der Waals surface area contributed by atoms with Crippen LogP contribution in [0.4, 0.5) is 4.79 Å². The third-order valence-corrected chi connectivity index (χ3v) is 2.96. The van der Waals surface area contributed by atoms with Crippen LogP contribution in [-0.2, 0) is 9.16 Å². The second-order valence-electron chi connectivity index (χ2n) is 3.99. The summed E-state index contributed by atoms with van der Waals surface area (Å²) in [5, 5.41) is 2.32. The number of hydrogen-bond acceptors (Lipinski definition) is 3. The van der Waals surface area contributed by atoms with Crippen LogP contribution in [0.3, 0.4) is 0 Å². The smallest absolute Gasteiger partial charge is 0.411 e. The summed E-state index contributed by atoms with van der Waals surface area (Å²) in [6, 6.07) is 0. The molecule has 0 aromatic carbocycles. The third kappa shape index (κ3) is 9.70. The molecule has 6 heteroatoms. The fourth-order valence-electron chi connectivity index (χ4n) is 0.869. The van der Waals surface area contributed by atoms with Crippen LogP contribution in [0.15, 0.2) is 12.8 Å². The SMILES string of the molecule is C=CNC(=O)OCCC([Si])O[Si](C)(C)C. The normalized spacial score (nSPS) is 13.1. The van der Waals surface area contributed by atoms with Gasteiger partial charge in [0.25, 0.3) is 0 Å². The highest BCUT2D eigenvalue weighted by Crippen LogP contribution is 2.07. The second-order valence-corrected chi connectivity index (χ2v) is 9.10. The van der Waals surface area contributed by atoms with E-state index in [-0.39, 0.29) is 5.73 Å². The van der Waals surface area contributed by atoms with Gasteiger partial charge in [-0.15, -0.1) is 0 Å². The number of amides is 1. The number of rotatable bonds is 6. The van der Waals surface area contributed by atoms with E-state index in [1.54, 1.807) is 0 Å². The molecule has 0 aromatic rings. The molecule has 0 aliphatic heterocycles. The molecule has 1 unspecified atom stereocenters. The van der Waals surface area contributed by atoms with Gasteiger partial charge < -0.3 is 9.16 Å². The van der Waals surface area contributed by atoms with Gasteiger partial charge in [-0.25, -0.2) is 4.79 Å². The van der Waals surface area contributed by atoms with Crippen LogP contribution < -0.4 is 5.32 Å². The molecule has 0 fully saturated rings. The summed E-state index contributed by atoms with van der Waals surface area (Å²) in [7, 11) is 1.90. The fraction of sp³-hybridized carbons (Fsp3) is 0.667. The lowest BCUT2D eigenvalue weighted by Gasteiger charge is -2.23. The van der Waals surface area contributed by atoms with E-state index >= 15 is 0 Å². The highest BCUT2D eigenvalue weighted by Gasteiger charge is 2.18. The Balaban J connectivity index is 3.59. The quantitative estimate of drug-likeness (QED) is 0.722. The van der Waals surface area contributed by atoms with Crippen molar-refractivity contribution < 1.29 is 14.0 Å². The van der Waals surface area contributed by atoms with E-state index in [1.807, 2.05) is 0 Å². The molecule has 0 saturated heterocycles. The van der Waals surface area contributed by atoms with E-state index in [2.05, 4.69) is 41.8 Å². The molecule has 0 spiro atoms. The topological polar surface area (TPSA) is 47.6 Å². The molecule has 0 aliphatic rings. The zero-order valence-corrected chi connectivity index (χ0v) is 11.5. The van der Waals surface area contributed by atoms with Gasteiger partial charge >= 0.3 is 6.09 Å². The van der Waals surface area contributed by atoms with Gasteiger partial charge in [-0.2, -0.15) is 0 Å². The first kappa shape index (κ1) is 14.4. The van der Waals surface area contributed by atoms with Crippen molar-refractivity contribution >= 4 is 24.7 Å². The Morgan fingerprint density at radius 3 is 2.67 bits per heavy atom. The predicted molar refractivity (Wildman–Crippen MR) is 63.3 cm³/mol. The second kappa shape index (κ2) is 6.81. The Hall–Kier alpha value is -0.596. The summed E-state index contributed by atoms with van der Waals surface area (Å²) >= 11 is 0. The highest BCUT2D eigenvalue weighted by atomic mass is 28.4. The number of nitrogens with one attached hydrogen (secondary N) is 1. The van der Waals surface area contributed by atoms with Crippen molar-refractivity contribution in [3.8, 4) is 0 Å². The van der Waals surface area contributed by atoms with Crippen LogP contribution in [-0.4, -0.2) is 37.0 Å². The van der Waals surface area contributed by atoms with E-state index in [0.717, 1.165) is 0 Å². The van der Waals surface area contributed by atoms with Crippen molar-refractivity contribution in [3.63, 3.8) is 0 Å². The summed E-state index contributed by atoms with van der Waals surface area (Å²) in [5.74, 6) is 0. The molecule has 0 saturated carbocycles. The molecule has 0 bridgehead atoms. The van der Waals surface area contributed by atoms with Crippen LogP contribution in [0.2, 0.25) is 19.6 Å². The Morgan fingerprint density at radius 1 is 1.60 bits per heavy atom. The van der Waals surface area contributed by atoms with Crippen LogP contribution in [0.5, 0.6) is 0 Å². The number of alkyl carbamates (subject to hydrolysis) is 1. The molecular formula is C9H18NO3Si2. The first-order valence-corrected chi connectivity index (χ1v) is 8.77. The lowest BCUT2D eigenvalue weighted by molar-refractivity contribution is 0.135. The minimum Gasteiger partial charge on any atom is -0.449 e. The Labute approximate surface area is 95.6 Å². The van der Waals surface area contributed by atoms with E-state index in [9.17, 15) is 4.79 Å². The maximum Gasteiger partial charge on any atom is 0.411 e. The highest BCUT2D eigenvalue weighted by molar-refractivity contribution is 6.70. The summed E-state index contributed by atoms with van der Waals surface area (Å²) in [6.45, 7) is 9.98. The van der Waals surface area contributed by atoms with Gasteiger partial charge in [-0.05, 0) is 25.8 Å². The van der Waals surface area contributed by atoms with Gasteiger partial charge in [0.1, 0.15) is 0 Å².